The van der Waals surface area contributed by atoms with Crippen molar-refractivity contribution in [3.8, 4) is 0 Å². The molecule has 0 spiro atoms. The summed E-state index contributed by atoms with van der Waals surface area (Å²) in [6.07, 6.45) is 3.53. The number of nitro benzene ring substituents is 1. The van der Waals surface area contributed by atoms with E-state index in [1.54, 1.807) is 0 Å². The molecule has 2 N–H and O–H groups in total. The van der Waals surface area contributed by atoms with Gasteiger partial charge in [0.15, 0.2) is 0 Å². The van der Waals surface area contributed by atoms with E-state index < -0.39 is 10.7 Å². The Labute approximate surface area is 98.8 Å². The molecule has 1 saturated carbocycles. The van der Waals surface area contributed by atoms with Gasteiger partial charge in [-0.1, -0.05) is 6.42 Å². The van der Waals surface area contributed by atoms with Crippen LogP contribution in [-0.2, 0) is 6.42 Å². The Morgan fingerprint density at radius 1 is 1.47 bits per heavy atom. The highest BCUT2D eigenvalue weighted by Gasteiger charge is 2.37. The van der Waals surface area contributed by atoms with Gasteiger partial charge in [-0.25, -0.2) is 4.39 Å². The van der Waals surface area contributed by atoms with Gasteiger partial charge in [-0.2, -0.15) is 0 Å². The van der Waals surface area contributed by atoms with E-state index in [9.17, 15) is 14.5 Å². The van der Waals surface area contributed by atoms with Gasteiger partial charge in [0.05, 0.1) is 4.92 Å². The smallest absolute Gasteiger partial charge is 0.272 e. The fraction of sp³-hybridized carbons (Fsp3) is 0.500. The lowest BCUT2D eigenvalue weighted by atomic mass is 9.65. The fourth-order valence-electron chi connectivity index (χ4n) is 2.41. The van der Waals surface area contributed by atoms with Crippen molar-refractivity contribution < 1.29 is 9.31 Å². The quantitative estimate of drug-likeness (QED) is 0.646. The summed E-state index contributed by atoms with van der Waals surface area (Å²) in [5.74, 6) is -0.433. The summed E-state index contributed by atoms with van der Waals surface area (Å²) in [5.41, 5.74) is 6.11. The summed E-state index contributed by atoms with van der Waals surface area (Å²) in [6.45, 7) is 0.501. The summed E-state index contributed by atoms with van der Waals surface area (Å²) in [4.78, 5) is 10.4. The number of hydrogen-bond acceptors (Lipinski definition) is 3. The topological polar surface area (TPSA) is 69.2 Å². The van der Waals surface area contributed by atoms with Crippen molar-refractivity contribution in [1.29, 1.82) is 0 Å². The molecule has 1 fully saturated rings. The van der Waals surface area contributed by atoms with Crippen molar-refractivity contribution in [1.82, 2.24) is 0 Å². The van der Waals surface area contributed by atoms with Gasteiger partial charge in [-0.15, -0.1) is 0 Å². The number of halogens is 1. The van der Waals surface area contributed by atoms with Gasteiger partial charge < -0.3 is 5.73 Å². The fourth-order valence-corrected chi connectivity index (χ4v) is 2.41. The monoisotopic (exact) mass is 238 g/mol. The van der Waals surface area contributed by atoms with Crippen LogP contribution < -0.4 is 5.73 Å². The molecule has 17 heavy (non-hydrogen) atoms. The van der Waals surface area contributed by atoms with Crippen LogP contribution in [0.3, 0.4) is 0 Å². The van der Waals surface area contributed by atoms with Crippen LogP contribution >= 0.6 is 0 Å². The molecule has 0 saturated heterocycles. The van der Waals surface area contributed by atoms with Crippen molar-refractivity contribution in [2.24, 2.45) is 11.1 Å². The average Bonchev–Trinajstić information content (AvgIpc) is 2.23. The molecular formula is C12H15FN2O2. The first kappa shape index (κ1) is 12.0. The Bertz CT molecular complexity index is 439. The third kappa shape index (κ3) is 2.29. The van der Waals surface area contributed by atoms with E-state index in [2.05, 4.69) is 0 Å². The van der Waals surface area contributed by atoms with Gasteiger partial charge in [0, 0.05) is 11.6 Å². The van der Waals surface area contributed by atoms with Crippen molar-refractivity contribution in [3.05, 3.63) is 39.7 Å². The normalized spacial score (nSPS) is 17.5. The number of rotatable bonds is 4. The predicted molar refractivity (Wildman–Crippen MR) is 62.1 cm³/mol. The Morgan fingerprint density at radius 3 is 2.65 bits per heavy atom. The van der Waals surface area contributed by atoms with E-state index in [1.165, 1.54) is 12.1 Å². The first-order valence-corrected chi connectivity index (χ1v) is 5.69. The summed E-state index contributed by atoms with van der Waals surface area (Å²) in [7, 11) is 0. The Kier molecular flexibility index (Phi) is 3.11. The molecule has 92 valence electrons. The summed E-state index contributed by atoms with van der Waals surface area (Å²) < 4.78 is 13.2. The van der Waals surface area contributed by atoms with E-state index in [4.69, 9.17) is 5.73 Å². The standard InChI is InChI=1S/C12H15FN2O2/c13-10-2-3-11(15(16)17)9(6-10)7-12(8-14)4-1-5-12/h2-3,6H,1,4-5,7-8,14H2. The van der Waals surface area contributed by atoms with Crippen LogP contribution in [0.1, 0.15) is 24.8 Å². The summed E-state index contributed by atoms with van der Waals surface area (Å²) in [5, 5.41) is 10.9. The lowest BCUT2D eigenvalue weighted by Gasteiger charge is -2.41. The summed E-state index contributed by atoms with van der Waals surface area (Å²) in [6, 6.07) is 3.61. The second-order valence-corrected chi connectivity index (χ2v) is 4.76. The molecule has 4 nitrogen and oxygen atoms in total. The van der Waals surface area contributed by atoms with E-state index in [0.717, 1.165) is 25.3 Å². The Hall–Kier alpha value is -1.49. The van der Waals surface area contributed by atoms with E-state index >= 15 is 0 Å². The highest BCUT2D eigenvalue weighted by Crippen LogP contribution is 2.44. The first-order chi connectivity index (χ1) is 8.06. The minimum atomic E-state index is -0.461. The SMILES string of the molecule is NCC1(Cc2cc(F)ccc2[N+](=O)[O-])CCC1. The molecule has 1 aromatic carbocycles. The average molecular weight is 238 g/mol. The lowest BCUT2D eigenvalue weighted by Crippen LogP contribution is -2.39. The van der Waals surface area contributed by atoms with Crippen LogP contribution in [0, 0.1) is 21.3 Å². The molecule has 5 heteroatoms. The summed E-state index contributed by atoms with van der Waals surface area (Å²) >= 11 is 0. The zero-order valence-corrected chi connectivity index (χ0v) is 9.49. The van der Waals surface area contributed by atoms with E-state index in [-0.39, 0.29) is 11.1 Å². The molecule has 0 heterocycles. The third-order valence-corrected chi connectivity index (χ3v) is 3.65. The van der Waals surface area contributed by atoms with Gasteiger partial charge in [0.1, 0.15) is 5.82 Å². The van der Waals surface area contributed by atoms with Crippen molar-refractivity contribution >= 4 is 5.69 Å². The van der Waals surface area contributed by atoms with Crippen molar-refractivity contribution in [3.63, 3.8) is 0 Å². The molecule has 0 atom stereocenters. The molecule has 1 aromatic rings. The molecule has 0 unspecified atom stereocenters. The highest BCUT2D eigenvalue weighted by atomic mass is 19.1. The lowest BCUT2D eigenvalue weighted by molar-refractivity contribution is -0.385. The van der Waals surface area contributed by atoms with Crippen LogP contribution in [-0.4, -0.2) is 11.5 Å². The predicted octanol–water partition coefficient (Wildman–Crippen LogP) is 2.41. The Balaban J connectivity index is 2.30. The number of nitro groups is 1. The highest BCUT2D eigenvalue weighted by molar-refractivity contribution is 5.41. The zero-order chi connectivity index (χ0) is 12.5. The third-order valence-electron chi connectivity index (χ3n) is 3.65. The molecular weight excluding hydrogens is 223 g/mol. The molecule has 0 aliphatic heterocycles. The minimum absolute atomic E-state index is 0.00822. The molecule has 0 radical (unpaired) electrons. The van der Waals surface area contributed by atoms with Crippen LogP contribution in [0.2, 0.25) is 0 Å². The number of hydrogen-bond donors (Lipinski definition) is 1. The zero-order valence-electron chi connectivity index (χ0n) is 9.49. The van der Waals surface area contributed by atoms with Gasteiger partial charge in [-0.05, 0) is 43.4 Å². The van der Waals surface area contributed by atoms with Gasteiger partial charge >= 0.3 is 0 Å². The molecule has 0 amide bonds. The maximum Gasteiger partial charge on any atom is 0.272 e. The van der Waals surface area contributed by atoms with Crippen LogP contribution in [0.25, 0.3) is 0 Å². The maximum absolute atomic E-state index is 13.2. The Morgan fingerprint density at radius 2 is 2.18 bits per heavy atom. The molecule has 1 aliphatic rings. The second kappa shape index (κ2) is 4.41. The molecule has 0 aromatic heterocycles. The molecule has 0 bridgehead atoms. The number of nitrogens with zero attached hydrogens (tertiary/aromatic N) is 1. The number of nitrogens with two attached hydrogens (primary N) is 1. The van der Waals surface area contributed by atoms with Gasteiger partial charge in [-0.3, -0.25) is 10.1 Å². The maximum atomic E-state index is 13.2. The van der Waals surface area contributed by atoms with Gasteiger partial charge in [0.2, 0.25) is 0 Å². The van der Waals surface area contributed by atoms with Crippen LogP contribution in [0.5, 0.6) is 0 Å². The van der Waals surface area contributed by atoms with Crippen molar-refractivity contribution in [2.75, 3.05) is 6.54 Å². The molecule has 1 aliphatic carbocycles. The van der Waals surface area contributed by atoms with E-state index in [0.29, 0.717) is 18.5 Å². The number of benzene rings is 1. The largest absolute Gasteiger partial charge is 0.330 e. The van der Waals surface area contributed by atoms with Crippen molar-refractivity contribution in [2.45, 2.75) is 25.7 Å². The molecule has 2 rings (SSSR count). The van der Waals surface area contributed by atoms with Crippen LogP contribution in [0.15, 0.2) is 18.2 Å². The minimum Gasteiger partial charge on any atom is -0.330 e. The van der Waals surface area contributed by atoms with Crippen LogP contribution in [0.4, 0.5) is 10.1 Å². The van der Waals surface area contributed by atoms with E-state index in [1.807, 2.05) is 0 Å². The first-order valence-electron chi connectivity index (χ1n) is 5.69. The van der Waals surface area contributed by atoms with Gasteiger partial charge in [0.25, 0.3) is 5.69 Å². The second-order valence-electron chi connectivity index (χ2n) is 4.76.